The molecule has 0 fully saturated rings. The fraction of sp³-hybridized carbons (Fsp3) is 0. The number of thiocarbonyl (C=S) groups is 1. The van der Waals surface area contributed by atoms with Crippen molar-refractivity contribution in [3.63, 3.8) is 0 Å². The normalized spacial score (nSPS) is 10.2. The zero-order valence-corrected chi connectivity index (χ0v) is 15.5. The van der Waals surface area contributed by atoms with E-state index < -0.39 is 0 Å². The fourth-order valence-corrected chi connectivity index (χ4v) is 3.22. The number of benzene rings is 2. The van der Waals surface area contributed by atoms with Gasteiger partial charge >= 0.3 is 0 Å². The van der Waals surface area contributed by atoms with E-state index in [1.54, 1.807) is 24.3 Å². The van der Waals surface area contributed by atoms with Crippen LogP contribution in [0.3, 0.4) is 0 Å². The molecule has 0 aliphatic heterocycles. The molecule has 0 aliphatic carbocycles. The standard InChI is InChI=1S/C17H12BrN3OS2/c18-13-8-6-12(7-9-13)15(22)20-16(23)21-17-19-14(10-24-17)11-4-2-1-3-5-11/h1-10H,(H2,19,20,21,22,23). The van der Waals surface area contributed by atoms with Gasteiger partial charge in [0.15, 0.2) is 10.2 Å². The molecule has 2 aromatic carbocycles. The summed E-state index contributed by atoms with van der Waals surface area (Å²) in [6.07, 6.45) is 0. The summed E-state index contributed by atoms with van der Waals surface area (Å²) < 4.78 is 0.913. The number of thiazole rings is 1. The highest BCUT2D eigenvalue weighted by Gasteiger charge is 2.10. The molecule has 1 heterocycles. The van der Waals surface area contributed by atoms with Gasteiger partial charge in [0.25, 0.3) is 5.91 Å². The van der Waals surface area contributed by atoms with Crippen molar-refractivity contribution in [2.24, 2.45) is 0 Å². The Bertz CT molecular complexity index is 863. The Labute approximate surface area is 157 Å². The zero-order chi connectivity index (χ0) is 16.9. The van der Waals surface area contributed by atoms with Gasteiger partial charge in [-0.2, -0.15) is 0 Å². The quantitative estimate of drug-likeness (QED) is 0.606. The van der Waals surface area contributed by atoms with Crippen LogP contribution in [-0.4, -0.2) is 16.0 Å². The monoisotopic (exact) mass is 417 g/mol. The molecule has 3 rings (SSSR count). The first-order valence-electron chi connectivity index (χ1n) is 7.00. The third-order valence-corrected chi connectivity index (χ3v) is 4.62. The van der Waals surface area contributed by atoms with Crippen molar-refractivity contribution in [3.05, 3.63) is 70.0 Å². The second-order valence-corrected chi connectivity index (χ2v) is 7.00. The Morgan fingerprint density at radius 1 is 1.08 bits per heavy atom. The Balaban J connectivity index is 1.62. The molecule has 1 amide bonds. The summed E-state index contributed by atoms with van der Waals surface area (Å²) in [6, 6.07) is 16.9. The average molecular weight is 418 g/mol. The zero-order valence-electron chi connectivity index (χ0n) is 12.3. The molecule has 2 N–H and O–H groups in total. The molecule has 7 heteroatoms. The summed E-state index contributed by atoms with van der Waals surface area (Å²) in [6.45, 7) is 0. The van der Waals surface area contributed by atoms with Gasteiger partial charge in [-0.15, -0.1) is 11.3 Å². The number of hydrogen-bond acceptors (Lipinski definition) is 4. The van der Waals surface area contributed by atoms with Gasteiger partial charge in [0.1, 0.15) is 0 Å². The molecule has 0 saturated heterocycles. The van der Waals surface area contributed by atoms with Crippen LogP contribution in [0.4, 0.5) is 5.13 Å². The maximum Gasteiger partial charge on any atom is 0.257 e. The minimum Gasteiger partial charge on any atom is -0.308 e. The van der Waals surface area contributed by atoms with Gasteiger partial charge in [-0.1, -0.05) is 46.3 Å². The number of nitrogens with one attached hydrogen (secondary N) is 2. The predicted octanol–water partition coefficient (Wildman–Crippen LogP) is 4.70. The largest absolute Gasteiger partial charge is 0.308 e. The van der Waals surface area contributed by atoms with Gasteiger partial charge in [0.05, 0.1) is 5.69 Å². The van der Waals surface area contributed by atoms with E-state index >= 15 is 0 Å². The molecule has 0 unspecified atom stereocenters. The lowest BCUT2D eigenvalue weighted by Crippen LogP contribution is -2.34. The summed E-state index contributed by atoms with van der Waals surface area (Å²) >= 11 is 9.94. The summed E-state index contributed by atoms with van der Waals surface area (Å²) in [5.74, 6) is -0.264. The smallest absolute Gasteiger partial charge is 0.257 e. The molecule has 0 atom stereocenters. The molecule has 0 saturated carbocycles. The first-order chi connectivity index (χ1) is 11.6. The van der Waals surface area contributed by atoms with Gasteiger partial charge in [0, 0.05) is 21.0 Å². The molecule has 0 bridgehead atoms. The van der Waals surface area contributed by atoms with Gasteiger partial charge in [-0.05, 0) is 36.5 Å². The molecule has 0 aliphatic rings. The maximum atomic E-state index is 12.1. The first-order valence-corrected chi connectivity index (χ1v) is 9.09. The van der Waals surface area contributed by atoms with Gasteiger partial charge in [0.2, 0.25) is 0 Å². The van der Waals surface area contributed by atoms with E-state index in [-0.39, 0.29) is 11.0 Å². The molecule has 24 heavy (non-hydrogen) atoms. The molecule has 1 aromatic heterocycles. The minimum absolute atomic E-state index is 0.219. The summed E-state index contributed by atoms with van der Waals surface area (Å²) in [5, 5.41) is 8.38. The predicted molar refractivity (Wildman–Crippen MR) is 105 cm³/mol. The van der Waals surface area contributed by atoms with Crippen LogP contribution in [0.1, 0.15) is 10.4 Å². The van der Waals surface area contributed by atoms with E-state index in [1.807, 2.05) is 35.7 Å². The highest BCUT2D eigenvalue weighted by molar-refractivity contribution is 9.10. The van der Waals surface area contributed by atoms with Crippen molar-refractivity contribution in [1.82, 2.24) is 10.3 Å². The van der Waals surface area contributed by atoms with E-state index in [4.69, 9.17) is 12.2 Å². The number of amides is 1. The number of anilines is 1. The number of rotatable bonds is 3. The Morgan fingerprint density at radius 2 is 1.79 bits per heavy atom. The first kappa shape index (κ1) is 16.8. The van der Waals surface area contributed by atoms with E-state index in [2.05, 4.69) is 31.5 Å². The van der Waals surface area contributed by atoms with Crippen molar-refractivity contribution in [1.29, 1.82) is 0 Å². The lowest BCUT2D eigenvalue weighted by Gasteiger charge is -2.07. The Morgan fingerprint density at radius 3 is 2.50 bits per heavy atom. The summed E-state index contributed by atoms with van der Waals surface area (Å²) in [4.78, 5) is 16.6. The number of hydrogen-bond donors (Lipinski definition) is 2. The molecule has 120 valence electrons. The van der Waals surface area contributed by atoms with Crippen LogP contribution >= 0.6 is 39.5 Å². The lowest BCUT2D eigenvalue weighted by molar-refractivity contribution is 0.0977. The second kappa shape index (κ2) is 7.65. The SMILES string of the molecule is O=C(NC(=S)Nc1nc(-c2ccccc2)cs1)c1ccc(Br)cc1. The topological polar surface area (TPSA) is 54.0 Å². The van der Waals surface area contributed by atoms with Gasteiger partial charge in [-0.3, -0.25) is 10.1 Å². The summed E-state index contributed by atoms with van der Waals surface area (Å²) in [5.41, 5.74) is 2.43. The summed E-state index contributed by atoms with van der Waals surface area (Å²) in [7, 11) is 0. The number of nitrogens with zero attached hydrogens (tertiary/aromatic N) is 1. The molecular weight excluding hydrogens is 406 g/mol. The third kappa shape index (κ3) is 4.25. The molecular formula is C17H12BrN3OS2. The van der Waals surface area contributed by atoms with Crippen LogP contribution in [-0.2, 0) is 0 Å². The van der Waals surface area contributed by atoms with Crippen molar-refractivity contribution >= 4 is 55.6 Å². The minimum atomic E-state index is -0.264. The van der Waals surface area contributed by atoms with Gasteiger partial charge < -0.3 is 5.32 Å². The van der Waals surface area contributed by atoms with Crippen LogP contribution in [0.25, 0.3) is 11.3 Å². The highest BCUT2D eigenvalue weighted by Crippen LogP contribution is 2.24. The fourth-order valence-electron chi connectivity index (χ4n) is 1.98. The van der Waals surface area contributed by atoms with Crippen LogP contribution < -0.4 is 10.6 Å². The van der Waals surface area contributed by atoms with E-state index in [1.165, 1.54) is 11.3 Å². The van der Waals surface area contributed by atoms with Crippen LogP contribution in [0.15, 0.2) is 64.5 Å². The van der Waals surface area contributed by atoms with Crippen molar-refractivity contribution in [2.45, 2.75) is 0 Å². The van der Waals surface area contributed by atoms with Crippen molar-refractivity contribution in [3.8, 4) is 11.3 Å². The molecule has 3 aromatic rings. The second-order valence-electron chi connectivity index (χ2n) is 4.82. The molecule has 4 nitrogen and oxygen atoms in total. The van der Waals surface area contributed by atoms with Crippen LogP contribution in [0.2, 0.25) is 0 Å². The maximum absolute atomic E-state index is 12.1. The third-order valence-electron chi connectivity index (χ3n) is 3.13. The van der Waals surface area contributed by atoms with E-state index in [0.29, 0.717) is 10.7 Å². The van der Waals surface area contributed by atoms with E-state index in [0.717, 1.165) is 15.7 Å². The Kier molecular flexibility index (Phi) is 5.34. The molecule has 0 spiro atoms. The number of aromatic nitrogens is 1. The van der Waals surface area contributed by atoms with Crippen molar-refractivity contribution in [2.75, 3.05) is 5.32 Å². The average Bonchev–Trinajstić information content (AvgIpc) is 3.04. The highest BCUT2D eigenvalue weighted by atomic mass is 79.9. The van der Waals surface area contributed by atoms with Crippen molar-refractivity contribution < 1.29 is 4.79 Å². The van der Waals surface area contributed by atoms with Gasteiger partial charge in [-0.25, -0.2) is 4.98 Å². The number of carbonyl (C=O) groups excluding carboxylic acids is 1. The number of carbonyl (C=O) groups is 1. The van der Waals surface area contributed by atoms with E-state index in [9.17, 15) is 4.79 Å². The van der Waals surface area contributed by atoms with Crippen LogP contribution in [0.5, 0.6) is 0 Å². The lowest BCUT2D eigenvalue weighted by atomic mass is 10.2. The van der Waals surface area contributed by atoms with Crippen LogP contribution in [0, 0.1) is 0 Å². The number of halogens is 1. The molecule has 0 radical (unpaired) electrons. The Hall–Kier alpha value is -2.09.